The highest BCUT2D eigenvalue weighted by Gasteiger charge is 2.27. The topological polar surface area (TPSA) is 87.7 Å². The Morgan fingerprint density at radius 2 is 2.05 bits per heavy atom. The number of fused-ring (bicyclic) bond motifs is 1. The van der Waals surface area contributed by atoms with Crippen LogP contribution in [0, 0.1) is 11.8 Å². The molecule has 2 rings (SSSR count). The molecule has 0 fully saturated rings. The van der Waals surface area contributed by atoms with Gasteiger partial charge in [0.2, 0.25) is 5.91 Å². The van der Waals surface area contributed by atoms with Crippen LogP contribution in [0.5, 0.6) is 0 Å². The summed E-state index contributed by atoms with van der Waals surface area (Å²) in [6.45, 7) is 3.76. The predicted octanol–water partition coefficient (Wildman–Crippen LogP) is 2.52. The first-order valence-electron chi connectivity index (χ1n) is 7.43. The summed E-state index contributed by atoms with van der Waals surface area (Å²) in [6, 6.07) is 6.01. The Bertz CT molecular complexity index is 552. The summed E-state index contributed by atoms with van der Waals surface area (Å²) in [5.74, 6) is -0.943. The van der Waals surface area contributed by atoms with Crippen molar-refractivity contribution in [1.29, 1.82) is 0 Å². The first-order valence-corrected chi connectivity index (χ1v) is 7.43. The number of nitrogens with zero attached hydrogens (tertiary/aromatic N) is 1. The van der Waals surface area contributed by atoms with Crippen LogP contribution >= 0.6 is 0 Å². The number of aryl methyl sites for hydroxylation is 1. The molecule has 0 aliphatic heterocycles. The second-order valence-corrected chi connectivity index (χ2v) is 5.89. The summed E-state index contributed by atoms with van der Waals surface area (Å²) in [7, 11) is 0. The van der Waals surface area contributed by atoms with Gasteiger partial charge in [0.05, 0.1) is 0 Å². The maximum absolute atomic E-state index is 12.5. The predicted molar refractivity (Wildman–Crippen MR) is 83.5 cm³/mol. The fraction of sp³-hybridized carbons (Fsp3) is 0.500. The Hall–Kier alpha value is -2.04. The molecule has 114 valence electrons. The molecule has 0 bridgehead atoms. The minimum absolute atomic E-state index is 0.0413. The third kappa shape index (κ3) is 3.35. The SMILES string of the molecule is CC(C)C(C(=O)Nc1cccc2c1CCCC2)C(N)=NO. The molecule has 0 radical (unpaired) electrons. The van der Waals surface area contributed by atoms with Crippen molar-refractivity contribution in [2.75, 3.05) is 5.32 Å². The molecule has 1 aliphatic rings. The molecule has 0 aromatic heterocycles. The average Bonchev–Trinajstić information content (AvgIpc) is 2.47. The van der Waals surface area contributed by atoms with Crippen molar-refractivity contribution in [2.24, 2.45) is 22.7 Å². The quantitative estimate of drug-likeness (QED) is 0.344. The van der Waals surface area contributed by atoms with E-state index in [-0.39, 0.29) is 17.7 Å². The molecule has 1 atom stereocenters. The van der Waals surface area contributed by atoms with E-state index in [1.807, 2.05) is 26.0 Å². The fourth-order valence-electron chi connectivity index (χ4n) is 2.95. The van der Waals surface area contributed by atoms with Crippen LogP contribution < -0.4 is 11.1 Å². The largest absolute Gasteiger partial charge is 0.409 e. The summed E-state index contributed by atoms with van der Waals surface area (Å²) in [6.07, 6.45) is 4.39. The number of nitrogens with two attached hydrogens (primary N) is 1. The Balaban J connectivity index is 2.23. The number of amidine groups is 1. The first kappa shape index (κ1) is 15.4. The number of oxime groups is 1. The second kappa shape index (κ2) is 6.61. The summed E-state index contributed by atoms with van der Waals surface area (Å²) >= 11 is 0. The van der Waals surface area contributed by atoms with Gasteiger partial charge >= 0.3 is 0 Å². The molecular weight excluding hydrogens is 266 g/mol. The lowest BCUT2D eigenvalue weighted by molar-refractivity contribution is -0.119. The maximum Gasteiger partial charge on any atom is 0.235 e. The van der Waals surface area contributed by atoms with Gasteiger partial charge in [0.1, 0.15) is 5.92 Å². The number of anilines is 1. The second-order valence-electron chi connectivity index (χ2n) is 5.89. The summed E-state index contributed by atoms with van der Waals surface area (Å²) in [5.41, 5.74) is 9.04. The Morgan fingerprint density at radius 3 is 2.71 bits per heavy atom. The van der Waals surface area contributed by atoms with E-state index in [4.69, 9.17) is 10.9 Å². The van der Waals surface area contributed by atoms with E-state index >= 15 is 0 Å². The Kier molecular flexibility index (Phi) is 4.83. The highest BCUT2D eigenvalue weighted by Crippen LogP contribution is 2.28. The molecule has 1 aromatic rings. The molecule has 5 heteroatoms. The van der Waals surface area contributed by atoms with E-state index in [0.717, 1.165) is 24.9 Å². The number of hydrogen-bond acceptors (Lipinski definition) is 3. The van der Waals surface area contributed by atoms with Crippen LogP contribution in [0.4, 0.5) is 5.69 Å². The lowest BCUT2D eigenvalue weighted by Gasteiger charge is -2.23. The lowest BCUT2D eigenvalue weighted by Crippen LogP contribution is -2.38. The summed E-state index contributed by atoms with van der Waals surface area (Å²) in [4.78, 5) is 12.5. The number of amides is 1. The van der Waals surface area contributed by atoms with Gasteiger partial charge in [0.25, 0.3) is 0 Å². The van der Waals surface area contributed by atoms with Crippen LogP contribution in [0.15, 0.2) is 23.4 Å². The molecule has 4 N–H and O–H groups in total. The van der Waals surface area contributed by atoms with Gasteiger partial charge in [-0.25, -0.2) is 0 Å². The minimum Gasteiger partial charge on any atom is -0.409 e. The molecule has 1 amide bonds. The summed E-state index contributed by atoms with van der Waals surface area (Å²) < 4.78 is 0. The van der Waals surface area contributed by atoms with Gasteiger partial charge in [0.15, 0.2) is 5.84 Å². The van der Waals surface area contributed by atoms with Gasteiger partial charge in [-0.15, -0.1) is 0 Å². The number of benzene rings is 1. The zero-order valence-corrected chi connectivity index (χ0v) is 12.6. The molecule has 0 heterocycles. The molecule has 1 unspecified atom stereocenters. The highest BCUT2D eigenvalue weighted by atomic mass is 16.4. The van der Waals surface area contributed by atoms with Crippen LogP contribution in [0.1, 0.15) is 37.8 Å². The number of rotatable bonds is 4. The van der Waals surface area contributed by atoms with E-state index < -0.39 is 5.92 Å². The van der Waals surface area contributed by atoms with Gasteiger partial charge in [-0.3, -0.25) is 4.79 Å². The van der Waals surface area contributed by atoms with E-state index in [9.17, 15) is 4.79 Å². The van der Waals surface area contributed by atoms with Crippen molar-refractivity contribution in [3.05, 3.63) is 29.3 Å². The van der Waals surface area contributed by atoms with Crippen LogP contribution in [-0.4, -0.2) is 17.0 Å². The monoisotopic (exact) mass is 289 g/mol. The Labute approximate surface area is 125 Å². The maximum atomic E-state index is 12.5. The number of hydrogen-bond donors (Lipinski definition) is 3. The van der Waals surface area contributed by atoms with Crippen molar-refractivity contribution in [3.8, 4) is 0 Å². The molecule has 1 aromatic carbocycles. The molecule has 0 spiro atoms. The van der Waals surface area contributed by atoms with Gasteiger partial charge < -0.3 is 16.3 Å². The normalized spacial score (nSPS) is 16.4. The zero-order chi connectivity index (χ0) is 15.4. The van der Waals surface area contributed by atoms with E-state index in [1.165, 1.54) is 17.5 Å². The molecule has 5 nitrogen and oxygen atoms in total. The van der Waals surface area contributed by atoms with Gasteiger partial charge in [-0.1, -0.05) is 31.1 Å². The first-order chi connectivity index (χ1) is 10.0. The standard InChI is InChI=1S/C16H23N3O2/c1-10(2)14(15(17)19-21)16(20)18-13-9-5-7-11-6-3-4-8-12(11)13/h5,7,9-10,14,21H,3-4,6,8H2,1-2H3,(H2,17,19)(H,18,20). The van der Waals surface area contributed by atoms with Gasteiger partial charge in [0, 0.05) is 5.69 Å². The van der Waals surface area contributed by atoms with Crippen molar-refractivity contribution in [2.45, 2.75) is 39.5 Å². The zero-order valence-electron chi connectivity index (χ0n) is 12.6. The van der Waals surface area contributed by atoms with Crippen molar-refractivity contribution in [1.82, 2.24) is 0 Å². The van der Waals surface area contributed by atoms with Crippen LogP contribution in [0.3, 0.4) is 0 Å². The minimum atomic E-state index is -0.630. The fourth-order valence-corrected chi connectivity index (χ4v) is 2.95. The summed E-state index contributed by atoms with van der Waals surface area (Å²) in [5, 5.41) is 14.8. The number of carbonyl (C=O) groups excluding carboxylic acids is 1. The van der Waals surface area contributed by atoms with Gasteiger partial charge in [-0.2, -0.15) is 0 Å². The molecule has 1 aliphatic carbocycles. The third-order valence-electron chi connectivity index (χ3n) is 4.04. The molecule has 0 saturated heterocycles. The van der Waals surface area contributed by atoms with Crippen LogP contribution in [0.2, 0.25) is 0 Å². The van der Waals surface area contributed by atoms with E-state index in [2.05, 4.69) is 16.5 Å². The van der Waals surface area contributed by atoms with E-state index in [1.54, 1.807) is 0 Å². The Morgan fingerprint density at radius 1 is 1.33 bits per heavy atom. The highest BCUT2D eigenvalue weighted by molar-refractivity contribution is 6.08. The van der Waals surface area contributed by atoms with E-state index in [0.29, 0.717) is 0 Å². The third-order valence-corrected chi connectivity index (χ3v) is 4.04. The molecule has 0 saturated carbocycles. The van der Waals surface area contributed by atoms with Crippen LogP contribution in [0.25, 0.3) is 0 Å². The molecule has 21 heavy (non-hydrogen) atoms. The van der Waals surface area contributed by atoms with Crippen molar-refractivity contribution < 1.29 is 10.0 Å². The smallest absolute Gasteiger partial charge is 0.235 e. The number of nitrogens with one attached hydrogen (secondary N) is 1. The average molecular weight is 289 g/mol. The van der Waals surface area contributed by atoms with Crippen LogP contribution in [-0.2, 0) is 17.6 Å². The lowest BCUT2D eigenvalue weighted by atomic mass is 9.89. The van der Waals surface area contributed by atoms with Crippen molar-refractivity contribution in [3.63, 3.8) is 0 Å². The molecular formula is C16H23N3O2. The number of carbonyl (C=O) groups is 1. The van der Waals surface area contributed by atoms with Gasteiger partial charge in [-0.05, 0) is 48.8 Å². The van der Waals surface area contributed by atoms with Crippen molar-refractivity contribution >= 4 is 17.4 Å².